The number of imide groups is 1. The van der Waals surface area contributed by atoms with Crippen molar-refractivity contribution in [1.82, 2.24) is 9.80 Å². The summed E-state index contributed by atoms with van der Waals surface area (Å²) in [6, 6.07) is 6.82. The average molecular weight is 260 g/mol. The van der Waals surface area contributed by atoms with Crippen molar-refractivity contribution in [3.8, 4) is 0 Å². The highest BCUT2D eigenvalue weighted by atomic mass is 16.5. The number of carbonyl (C=O) groups is 2. The first-order chi connectivity index (χ1) is 9.11. The zero-order valence-electron chi connectivity index (χ0n) is 11.0. The maximum absolute atomic E-state index is 12.4. The van der Waals surface area contributed by atoms with Crippen molar-refractivity contribution in [2.75, 3.05) is 27.3 Å². The van der Waals surface area contributed by atoms with E-state index in [1.807, 2.05) is 19.0 Å². The Hall–Kier alpha value is -1.72. The molecule has 0 radical (unpaired) electrons. The first-order valence-corrected chi connectivity index (χ1v) is 6.32. The molecule has 2 aliphatic rings. The van der Waals surface area contributed by atoms with E-state index in [2.05, 4.69) is 0 Å². The lowest BCUT2D eigenvalue weighted by Crippen LogP contribution is -2.51. The van der Waals surface area contributed by atoms with Crippen LogP contribution in [0.2, 0.25) is 0 Å². The van der Waals surface area contributed by atoms with Crippen LogP contribution in [0, 0.1) is 0 Å². The third-order valence-electron chi connectivity index (χ3n) is 3.84. The summed E-state index contributed by atoms with van der Waals surface area (Å²) in [5, 5.41) is 0. The summed E-state index contributed by atoms with van der Waals surface area (Å²) in [7, 11) is 3.87. The van der Waals surface area contributed by atoms with Gasteiger partial charge in [-0.05, 0) is 26.2 Å². The van der Waals surface area contributed by atoms with Crippen molar-refractivity contribution in [2.45, 2.75) is 12.1 Å². The summed E-state index contributed by atoms with van der Waals surface area (Å²) in [4.78, 5) is 28.2. The first kappa shape index (κ1) is 12.3. The van der Waals surface area contributed by atoms with Gasteiger partial charge >= 0.3 is 0 Å². The lowest BCUT2D eigenvalue weighted by atomic mass is 10.1. The number of ether oxygens (including phenoxy) is 1. The molecule has 2 atom stereocenters. The molecule has 0 saturated carbocycles. The van der Waals surface area contributed by atoms with E-state index >= 15 is 0 Å². The number of rotatable bonds is 2. The maximum Gasteiger partial charge on any atom is 0.261 e. The van der Waals surface area contributed by atoms with E-state index in [4.69, 9.17) is 4.74 Å². The topological polar surface area (TPSA) is 49.9 Å². The lowest BCUT2D eigenvalue weighted by molar-refractivity contribution is 0.0527. The quantitative estimate of drug-likeness (QED) is 0.731. The highest BCUT2D eigenvalue weighted by Gasteiger charge is 2.45. The van der Waals surface area contributed by atoms with E-state index in [9.17, 15) is 9.59 Å². The van der Waals surface area contributed by atoms with Crippen LogP contribution in [0.15, 0.2) is 24.3 Å². The van der Waals surface area contributed by atoms with Crippen LogP contribution >= 0.6 is 0 Å². The predicted octanol–water partition coefficient (Wildman–Crippen LogP) is 0.612. The molecule has 0 aromatic heterocycles. The smallest absolute Gasteiger partial charge is 0.261 e. The van der Waals surface area contributed by atoms with E-state index < -0.39 is 0 Å². The van der Waals surface area contributed by atoms with Gasteiger partial charge in [-0.25, -0.2) is 0 Å². The van der Waals surface area contributed by atoms with Gasteiger partial charge in [0.1, 0.15) is 0 Å². The number of nitrogens with zero attached hydrogens (tertiary/aromatic N) is 2. The minimum Gasteiger partial charge on any atom is -0.378 e. The van der Waals surface area contributed by atoms with E-state index in [0.717, 1.165) is 0 Å². The van der Waals surface area contributed by atoms with E-state index in [1.165, 1.54) is 4.90 Å². The van der Waals surface area contributed by atoms with Gasteiger partial charge in [-0.15, -0.1) is 0 Å². The van der Waals surface area contributed by atoms with Gasteiger partial charge in [0.05, 0.1) is 36.4 Å². The Kier molecular flexibility index (Phi) is 2.88. The largest absolute Gasteiger partial charge is 0.378 e. The van der Waals surface area contributed by atoms with Crippen LogP contribution < -0.4 is 0 Å². The van der Waals surface area contributed by atoms with Crippen LogP contribution in [0.1, 0.15) is 20.7 Å². The predicted molar refractivity (Wildman–Crippen MR) is 69.0 cm³/mol. The third-order valence-corrected chi connectivity index (χ3v) is 3.84. The molecule has 19 heavy (non-hydrogen) atoms. The molecule has 0 unspecified atom stereocenters. The van der Waals surface area contributed by atoms with Gasteiger partial charge in [-0.2, -0.15) is 0 Å². The minimum absolute atomic E-state index is 0.0576. The molecule has 1 saturated heterocycles. The molecule has 5 heteroatoms. The van der Waals surface area contributed by atoms with Crippen LogP contribution in [0.25, 0.3) is 0 Å². The van der Waals surface area contributed by atoms with Crippen LogP contribution in [-0.4, -0.2) is 61.0 Å². The van der Waals surface area contributed by atoms with Gasteiger partial charge in [0, 0.05) is 0 Å². The number of likely N-dealkylation sites (N-methyl/N-ethyl adjacent to an activating group) is 1. The fraction of sp³-hybridized carbons (Fsp3) is 0.429. The Morgan fingerprint density at radius 3 is 2.21 bits per heavy atom. The molecule has 1 aromatic carbocycles. The van der Waals surface area contributed by atoms with Gasteiger partial charge in [0.15, 0.2) is 0 Å². The van der Waals surface area contributed by atoms with E-state index in [0.29, 0.717) is 24.3 Å². The van der Waals surface area contributed by atoms with Crippen molar-refractivity contribution in [3.63, 3.8) is 0 Å². The number of fused-ring (bicyclic) bond motifs is 1. The summed E-state index contributed by atoms with van der Waals surface area (Å²) >= 11 is 0. The second kappa shape index (κ2) is 4.43. The number of carbonyl (C=O) groups excluding carboxylic acids is 2. The molecule has 0 spiro atoms. The molecule has 1 aromatic rings. The second-order valence-corrected chi connectivity index (χ2v) is 5.16. The van der Waals surface area contributed by atoms with Gasteiger partial charge < -0.3 is 9.64 Å². The zero-order chi connectivity index (χ0) is 13.6. The fourth-order valence-electron chi connectivity index (χ4n) is 2.78. The summed E-state index contributed by atoms with van der Waals surface area (Å²) in [6.07, 6.45) is 0. The monoisotopic (exact) mass is 260 g/mol. The molecule has 0 N–H and O–H groups in total. The summed E-state index contributed by atoms with van der Waals surface area (Å²) in [5.74, 6) is -0.411. The Morgan fingerprint density at radius 2 is 1.68 bits per heavy atom. The fourth-order valence-corrected chi connectivity index (χ4v) is 2.78. The van der Waals surface area contributed by atoms with Gasteiger partial charge in [-0.1, -0.05) is 12.1 Å². The molecule has 1 fully saturated rings. The summed E-state index contributed by atoms with van der Waals surface area (Å²) in [6.45, 7) is 0.958. The highest BCUT2D eigenvalue weighted by molar-refractivity contribution is 6.21. The summed E-state index contributed by atoms with van der Waals surface area (Å²) in [5.41, 5.74) is 0.994. The molecule has 3 rings (SSSR count). The average Bonchev–Trinajstić information content (AvgIpc) is 2.95. The van der Waals surface area contributed by atoms with Crippen molar-refractivity contribution in [2.24, 2.45) is 0 Å². The van der Waals surface area contributed by atoms with Gasteiger partial charge in [-0.3, -0.25) is 14.5 Å². The molecule has 100 valence electrons. The molecule has 0 bridgehead atoms. The Bertz CT molecular complexity index is 506. The van der Waals surface area contributed by atoms with Crippen molar-refractivity contribution < 1.29 is 14.3 Å². The molecule has 2 amide bonds. The SMILES string of the molecule is CN(C)[C@H]1COC[C@@H]1N1C(=O)c2ccccc2C1=O. The standard InChI is InChI=1S/C14H16N2O3/c1-15(2)11-7-19-8-12(11)16-13(17)9-5-3-4-6-10(9)14(16)18/h3-6,11-12H,7-8H2,1-2H3/t11-,12-/m0/s1. The van der Waals surface area contributed by atoms with Gasteiger partial charge in [0.25, 0.3) is 11.8 Å². The molecule has 2 heterocycles. The molecule has 5 nitrogen and oxygen atoms in total. The molecule has 2 aliphatic heterocycles. The van der Waals surface area contributed by atoms with E-state index in [1.54, 1.807) is 24.3 Å². The minimum atomic E-state index is -0.206. The number of benzene rings is 1. The van der Waals surface area contributed by atoms with Gasteiger partial charge in [0.2, 0.25) is 0 Å². The Labute approximate surface area is 111 Å². The lowest BCUT2D eigenvalue weighted by Gasteiger charge is -2.30. The second-order valence-electron chi connectivity index (χ2n) is 5.16. The van der Waals surface area contributed by atoms with Crippen molar-refractivity contribution in [1.29, 1.82) is 0 Å². The summed E-state index contributed by atoms with van der Waals surface area (Å²) < 4.78 is 5.45. The highest BCUT2D eigenvalue weighted by Crippen LogP contribution is 2.28. The Morgan fingerprint density at radius 1 is 1.11 bits per heavy atom. The zero-order valence-corrected chi connectivity index (χ0v) is 11.0. The van der Waals surface area contributed by atoms with Crippen LogP contribution in [-0.2, 0) is 4.74 Å². The maximum atomic E-state index is 12.4. The third kappa shape index (κ3) is 1.77. The van der Waals surface area contributed by atoms with Crippen LogP contribution in [0.5, 0.6) is 0 Å². The molecule has 0 aliphatic carbocycles. The first-order valence-electron chi connectivity index (χ1n) is 6.32. The number of hydrogen-bond acceptors (Lipinski definition) is 4. The van der Waals surface area contributed by atoms with Crippen molar-refractivity contribution in [3.05, 3.63) is 35.4 Å². The van der Waals surface area contributed by atoms with Crippen LogP contribution in [0.4, 0.5) is 0 Å². The Balaban J connectivity index is 1.96. The molecular formula is C14H16N2O3. The normalized spacial score (nSPS) is 26.4. The molecular weight excluding hydrogens is 244 g/mol. The van der Waals surface area contributed by atoms with Crippen molar-refractivity contribution >= 4 is 11.8 Å². The number of hydrogen-bond donors (Lipinski definition) is 0. The van der Waals surface area contributed by atoms with E-state index in [-0.39, 0.29) is 23.9 Å². The number of amides is 2. The van der Waals surface area contributed by atoms with Crippen LogP contribution in [0.3, 0.4) is 0 Å².